The second-order valence-corrected chi connectivity index (χ2v) is 6.37. The number of benzene rings is 1. The van der Waals surface area contributed by atoms with E-state index in [0.717, 1.165) is 4.88 Å². The molecule has 136 valence electrons. The first-order valence-electron chi connectivity index (χ1n) is 7.83. The van der Waals surface area contributed by atoms with E-state index in [0.29, 0.717) is 17.4 Å². The zero-order valence-electron chi connectivity index (χ0n) is 14.0. The predicted octanol–water partition coefficient (Wildman–Crippen LogP) is 3.18. The number of carbonyl (C=O) groups is 1. The van der Waals surface area contributed by atoms with Gasteiger partial charge in [-0.1, -0.05) is 6.07 Å². The van der Waals surface area contributed by atoms with Gasteiger partial charge in [-0.05, 0) is 42.6 Å². The lowest BCUT2D eigenvalue weighted by atomic mass is 10.3. The van der Waals surface area contributed by atoms with Gasteiger partial charge in [0.05, 0.1) is 10.6 Å². The molecule has 1 aromatic carbocycles. The van der Waals surface area contributed by atoms with Crippen LogP contribution >= 0.6 is 11.3 Å². The van der Waals surface area contributed by atoms with Gasteiger partial charge in [0.2, 0.25) is 0 Å². The monoisotopic (exact) mass is 385 g/mol. The molecule has 8 nitrogen and oxygen atoms in total. The average molecular weight is 385 g/mol. The van der Waals surface area contributed by atoms with Crippen LogP contribution in [0.3, 0.4) is 0 Å². The molecule has 0 fully saturated rings. The molecular weight excluding hydrogens is 373 g/mol. The molecule has 3 heterocycles. The fraction of sp³-hybridized carbons (Fsp3) is 0.118. The van der Waals surface area contributed by atoms with E-state index in [1.807, 2.05) is 17.5 Å². The quantitative estimate of drug-likeness (QED) is 0.487. The Labute approximate surface area is 156 Å². The first-order chi connectivity index (χ1) is 13.1. The van der Waals surface area contributed by atoms with Gasteiger partial charge in [0.1, 0.15) is 11.6 Å². The van der Waals surface area contributed by atoms with Crippen molar-refractivity contribution >= 4 is 17.3 Å². The summed E-state index contributed by atoms with van der Waals surface area (Å²) in [7, 11) is 0. The molecule has 0 bridgehead atoms. The molecule has 10 heteroatoms. The number of hydrogen-bond donors (Lipinski definition) is 0. The van der Waals surface area contributed by atoms with Crippen molar-refractivity contribution in [3.8, 4) is 16.5 Å². The number of aryl methyl sites for hydroxylation is 1. The maximum atomic E-state index is 13.1. The normalized spacial score (nSPS) is 10.9. The molecule has 0 aliphatic heterocycles. The number of halogens is 1. The molecule has 0 saturated heterocycles. The maximum absolute atomic E-state index is 13.1. The zero-order valence-corrected chi connectivity index (χ0v) is 14.8. The van der Waals surface area contributed by atoms with Gasteiger partial charge in [-0.3, -0.25) is 0 Å². The molecule has 0 N–H and O–H groups in total. The fourth-order valence-corrected chi connectivity index (χ4v) is 2.95. The second-order valence-electron chi connectivity index (χ2n) is 5.43. The minimum absolute atomic E-state index is 0.116. The Hall–Kier alpha value is -3.40. The molecule has 0 saturated carbocycles. The first-order valence-corrected chi connectivity index (χ1v) is 8.71. The van der Waals surface area contributed by atoms with Gasteiger partial charge in [0, 0.05) is 0 Å². The summed E-state index contributed by atoms with van der Waals surface area (Å²) in [5.74, 6) is -0.208. The summed E-state index contributed by atoms with van der Waals surface area (Å²) in [6, 6.07) is 9.40. The van der Waals surface area contributed by atoms with Gasteiger partial charge in [0.25, 0.3) is 17.6 Å². The summed E-state index contributed by atoms with van der Waals surface area (Å²) in [5.41, 5.74) is 0.581. The van der Waals surface area contributed by atoms with E-state index in [1.165, 1.54) is 40.3 Å². The Morgan fingerprint density at radius 3 is 2.81 bits per heavy atom. The molecule has 0 aliphatic rings. The van der Waals surface area contributed by atoms with Crippen LogP contribution in [0, 0.1) is 12.7 Å². The lowest BCUT2D eigenvalue weighted by Gasteiger charge is -2.01. The number of ether oxygens (including phenoxy) is 1. The van der Waals surface area contributed by atoms with Crippen molar-refractivity contribution in [2.45, 2.75) is 13.5 Å². The van der Waals surface area contributed by atoms with Crippen LogP contribution in [0.25, 0.3) is 16.5 Å². The van der Waals surface area contributed by atoms with Gasteiger partial charge in [-0.25, -0.2) is 18.9 Å². The number of aromatic nitrogens is 5. The topological polar surface area (TPSA) is 95.9 Å². The highest BCUT2D eigenvalue weighted by molar-refractivity contribution is 7.13. The van der Waals surface area contributed by atoms with Crippen LogP contribution in [0.2, 0.25) is 0 Å². The maximum Gasteiger partial charge on any atom is 0.378 e. The van der Waals surface area contributed by atoms with Crippen molar-refractivity contribution in [3.63, 3.8) is 0 Å². The van der Waals surface area contributed by atoms with E-state index in [-0.39, 0.29) is 24.1 Å². The second kappa shape index (κ2) is 7.08. The van der Waals surface area contributed by atoms with E-state index in [4.69, 9.17) is 9.15 Å². The van der Waals surface area contributed by atoms with Crippen LogP contribution in [0.15, 0.2) is 46.2 Å². The molecule has 4 aromatic rings. The zero-order chi connectivity index (χ0) is 18.8. The van der Waals surface area contributed by atoms with Crippen LogP contribution in [-0.4, -0.2) is 30.9 Å². The minimum Gasteiger partial charge on any atom is -0.450 e. The SMILES string of the molecule is Cc1nc(C(=O)OCc2nnc(-c3cccs3)o2)nn1-c1ccc(F)cc1. The first kappa shape index (κ1) is 17.0. The van der Waals surface area contributed by atoms with E-state index in [1.54, 1.807) is 6.92 Å². The van der Waals surface area contributed by atoms with Crippen molar-refractivity contribution < 1.29 is 18.3 Å². The van der Waals surface area contributed by atoms with Crippen LogP contribution in [0.5, 0.6) is 0 Å². The average Bonchev–Trinajstić information content (AvgIpc) is 3.41. The van der Waals surface area contributed by atoms with Crippen molar-refractivity contribution in [1.29, 1.82) is 0 Å². The van der Waals surface area contributed by atoms with Crippen molar-refractivity contribution in [3.05, 3.63) is 65.1 Å². The van der Waals surface area contributed by atoms with Gasteiger partial charge >= 0.3 is 5.97 Å². The van der Waals surface area contributed by atoms with Crippen LogP contribution in [0.4, 0.5) is 4.39 Å². The summed E-state index contributed by atoms with van der Waals surface area (Å²) in [4.78, 5) is 17.1. The molecule has 0 unspecified atom stereocenters. The standard InChI is InChI=1S/C17H12FN5O3S/c1-10-19-15(22-23(10)12-6-4-11(18)5-7-12)17(24)25-9-14-20-21-16(26-14)13-3-2-8-27-13/h2-8H,9H2,1H3. The number of esters is 1. The molecule has 0 radical (unpaired) electrons. The molecular formula is C17H12FN5O3S. The number of thiophene rings is 1. The highest BCUT2D eigenvalue weighted by Crippen LogP contribution is 2.23. The molecule has 3 aromatic heterocycles. The summed E-state index contributed by atoms with van der Waals surface area (Å²) < 4.78 is 25.1. The van der Waals surface area contributed by atoms with E-state index in [9.17, 15) is 9.18 Å². The van der Waals surface area contributed by atoms with Gasteiger partial charge in [0.15, 0.2) is 6.61 Å². The van der Waals surface area contributed by atoms with Gasteiger partial charge < -0.3 is 9.15 Å². The van der Waals surface area contributed by atoms with E-state index < -0.39 is 5.97 Å². The third kappa shape index (κ3) is 3.60. The lowest BCUT2D eigenvalue weighted by Crippen LogP contribution is -2.08. The van der Waals surface area contributed by atoms with Crippen LogP contribution < -0.4 is 0 Å². The van der Waals surface area contributed by atoms with Crippen LogP contribution in [-0.2, 0) is 11.3 Å². The number of carbonyl (C=O) groups excluding carboxylic acids is 1. The molecule has 0 atom stereocenters. The Bertz CT molecular complexity index is 1070. The third-order valence-electron chi connectivity index (χ3n) is 3.55. The predicted molar refractivity (Wildman–Crippen MR) is 92.8 cm³/mol. The molecule has 0 aliphatic carbocycles. The Morgan fingerprint density at radius 2 is 2.07 bits per heavy atom. The van der Waals surface area contributed by atoms with Crippen molar-refractivity contribution in [2.24, 2.45) is 0 Å². The van der Waals surface area contributed by atoms with Crippen molar-refractivity contribution in [2.75, 3.05) is 0 Å². The summed E-state index contributed by atoms with van der Waals surface area (Å²) in [6.07, 6.45) is 0. The molecule has 0 amide bonds. The van der Waals surface area contributed by atoms with Crippen LogP contribution in [0.1, 0.15) is 22.3 Å². The van der Waals surface area contributed by atoms with E-state index in [2.05, 4.69) is 20.3 Å². The number of rotatable bonds is 5. The van der Waals surface area contributed by atoms with Gasteiger partial charge in [-0.2, -0.15) is 0 Å². The number of nitrogens with zero attached hydrogens (tertiary/aromatic N) is 5. The summed E-state index contributed by atoms with van der Waals surface area (Å²) in [5, 5.41) is 13.8. The summed E-state index contributed by atoms with van der Waals surface area (Å²) >= 11 is 1.46. The Balaban J connectivity index is 1.44. The Morgan fingerprint density at radius 1 is 1.26 bits per heavy atom. The summed E-state index contributed by atoms with van der Waals surface area (Å²) in [6.45, 7) is 1.49. The van der Waals surface area contributed by atoms with Crippen molar-refractivity contribution in [1.82, 2.24) is 25.0 Å². The largest absolute Gasteiger partial charge is 0.450 e. The Kier molecular flexibility index (Phi) is 4.47. The molecule has 4 rings (SSSR count). The molecule has 27 heavy (non-hydrogen) atoms. The number of hydrogen-bond acceptors (Lipinski definition) is 8. The fourth-order valence-electron chi connectivity index (χ4n) is 2.31. The molecule has 0 spiro atoms. The lowest BCUT2D eigenvalue weighted by molar-refractivity contribution is 0.0424. The highest BCUT2D eigenvalue weighted by Gasteiger charge is 2.18. The van der Waals surface area contributed by atoms with Gasteiger partial charge in [-0.15, -0.1) is 26.6 Å². The smallest absolute Gasteiger partial charge is 0.378 e. The minimum atomic E-state index is -0.727. The highest BCUT2D eigenvalue weighted by atomic mass is 32.1. The third-order valence-corrected chi connectivity index (χ3v) is 4.41. The van der Waals surface area contributed by atoms with E-state index >= 15 is 0 Å².